The van der Waals surface area contributed by atoms with Crippen molar-refractivity contribution < 1.29 is 13.3 Å². The van der Waals surface area contributed by atoms with E-state index in [1.165, 1.54) is 5.71 Å². The molecule has 20 heavy (non-hydrogen) atoms. The van der Waals surface area contributed by atoms with E-state index >= 15 is 0 Å². The molecule has 0 rings (SSSR count). The Morgan fingerprint density at radius 1 is 0.950 bits per heavy atom. The van der Waals surface area contributed by atoms with Crippen LogP contribution in [0.3, 0.4) is 0 Å². The van der Waals surface area contributed by atoms with E-state index in [1.54, 1.807) is 0 Å². The molecule has 0 fully saturated rings. The van der Waals surface area contributed by atoms with Crippen LogP contribution in [0, 0.1) is 0 Å². The zero-order valence-corrected chi connectivity index (χ0v) is 15.1. The van der Waals surface area contributed by atoms with Crippen molar-refractivity contribution in [3.05, 3.63) is 0 Å². The molecular formula is C14H32N2O3Si. The number of rotatable bonds is 12. The normalized spacial score (nSPS) is 13.2. The maximum absolute atomic E-state index is 5.81. The Labute approximate surface area is 125 Å². The van der Waals surface area contributed by atoms with Crippen LogP contribution in [0.25, 0.3) is 0 Å². The average molecular weight is 305 g/mol. The molecule has 0 amide bonds. The zero-order valence-electron chi connectivity index (χ0n) is 14.1. The van der Waals surface area contributed by atoms with E-state index in [-0.39, 0.29) is 0 Å². The minimum Gasteiger partial charge on any atom is -0.373 e. The van der Waals surface area contributed by atoms with Gasteiger partial charge in [0, 0.05) is 32.1 Å². The quantitative estimate of drug-likeness (QED) is 0.410. The summed E-state index contributed by atoms with van der Waals surface area (Å²) >= 11 is 0. The van der Waals surface area contributed by atoms with E-state index in [0.29, 0.717) is 26.0 Å². The molecule has 0 radical (unpaired) electrons. The first kappa shape index (κ1) is 19.7. The van der Waals surface area contributed by atoms with Gasteiger partial charge in [0.15, 0.2) is 0 Å². The van der Waals surface area contributed by atoms with Gasteiger partial charge < -0.3 is 18.2 Å². The molecular weight excluding hydrogens is 272 g/mol. The van der Waals surface area contributed by atoms with E-state index in [2.05, 4.69) is 25.9 Å². The second-order valence-electron chi connectivity index (χ2n) is 4.77. The van der Waals surface area contributed by atoms with Gasteiger partial charge in [-0.05, 0) is 47.7 Å². The van der Waals surface area contributed by atoms with Crippen molar-refractivity contribution >= 4 is 14.5 Å². The minimum atomic E-state index is -2.63. The van der Waals surface area contributed by atoms with E-state index in [9.17, 15) is 0 Å². The molecule has 6 heteroatoms. The SMILES string of the molecule is CCO[Si](CN=C(CC)CCN(C)C)(OCC)OCC. The molecule has 0 aromatic rings. The Balaban J connectivity index is 4.74. The lowest BCUT2D eigenvalue weighted by molar-refractivity contribution is 0.0729. The summed E-state index contributed by atoms with van der Waals surface area (Å²) in [4.78, 5) is 6.89. The predicted octanol–water partition coefficient (Wildman–Crippen LogP) is 2.38. The Kier molecular flexibility index (Phi) is 11.2. The fourth-order valence-corrected chi connectivity index (χ4v) is 4.11. The molecule has 120 valence electrons. The molecule has 0 aromatic heterocycles. The van der Waals surface area contributed by atoms with Gasteiger partial charge in [-0.2, -0.15) is 0 Å². The molecule has 0 saturated heterocycles. The lowest BCUT2D eigenvalue weighted by Gasteiger charge is -2.27. The highest BCUT2D eigenvalue weighted by molar-refractivity contribution is 6.61. The Morgan fingerprint density at radius 2 is 1.45 bits per heavy atom. The van der Waals surface area contributed by atoms with Crippen LogP contribution in [0.2, 0.25) is 0 Å². The molecule has 0 bridgehead atoms. The molecule has 0 unspecified atom stereocenters. The largest absolute Gasteiger partial charge is 0.523 e. The Hall–Kier alpha value is -0.273. The third-order valence-corrected chi connectivity index (χ3v) is 5.58. The first-order valence-electron chi connectivity index (χ1n) is 7.62. The summed E-state index contributed by atoms with van der Waals surface area (Å²) in [6, 6.07) is 0. The minimum absolute atomic E-state index is 0.527. The highest BCUT2D eigenvalue weighted by Crippen LogP contribution is 2.11. The summed E-state index contributed by atoms with van der Waals surface area (Å²) in [5.41, 5.74) is 1.20. The number of nitrogens with zero attached hydrogens (tertiary/aromatic N) is 2. The Bertz CT molecular complexity index is 256. The molecule has 0 aliphatic heterocycles. The van der Waals surface area contributed by atoms with Gasteiger partial charge in [-0.25, -0.2) is 0 Å². The average Bonchev–Trinajstić information content (AvgIpc) is 2.39. The fourth-order valence-electron chi connectivity index (χ4n) is 1.85. The summed E-state index contributed by atoms with van der Waals surface area (Å²) < 4.78 is 17.4. The number of hydrogen-bond acceptors (Lipinski definition) is 5. The number of hydrogen-bond donors (Lipinski definition) is 0. The van der Waals surface area contributed by atoms with Crippen molar-refractivity contribution in [1.82, 2.24) is 4.90 Å². The van der Waals surface area contributed by atoms with Gasteiger partial charge >= 0.3 is 8.80 Å². The highest BCUT2D eigenvalue weighted by Gasteiger charge is 2.40. The van der Waals surface area contributed by atoms with Crippen LogP contribution in [0.5, 0.6) is 0 Å². The van der Waals surface area contributed by atoms with E-state index in [4.69, 9.17) is 18.3 Å². The molecule has 0 heterocycles. The monoisotopic (exact) mass is 304 g/mol. The summed E-state index contributed by atoms with van der Waals surface area (Å²) in [5, 5.41) is 0. The van der Waals surface area contributed by atoms with Gasteiger partial charge in [0.25, 0.3) is 0 Å². The second kappa shape index (κ2) is 11.4. The van der Waals surface area contributed by atoms with Gasteiger partial charge in [-0.15, -0.1) is 0 Å². The van der Waals surface area contributed by atoms with E-state index in [1.807, 2.05) is 20.8 Å². The van der Waals surface area contributed by atoms with Crippen LogP contribution < -0.4 is 0 Å². The lowest BCUT2D eigenvalue weighted by atomic mass is 10.2. The van der Waals surface area contributed by atoms with Crippen LogP contribution in [-0.4, -0.2) is 66.0 Å². The topological polar surface area (TPSA) is 43.3 Å². The van der Waals surface area contributed by atoms with Gasteiger partial charge in [0.05, 0.1) is 0 Å². The van der Waals surface area contributed by atoms with E-state index in [0.717, 1.165) is 19.4 Å². The van der Waals surface area contributed by atoms with Gasteiger partial charge in [-0.1, -0.05) is 6.92 Å². The van der Waals surface area contributed by atoms with Crippen molar-refractivity contribution in [2.75, 3.05) is 46.6 Å². The molecule has 0 saturated carbocycles. The maximum Gasteiger partial charge on any atom is 0.523 e. The maximum atomic E-state index is 5.81. The molecule has 0 N–H and O–H groups in total. The second-order valence-corrected chi connectivity index (χ2v) is 7.32. The van der Waals surface area contributed by atoms with Crippen LogP contribution in [0.15, 0.2) is 4.99 Å². The van der Waals surface area contributed by atoms with Gasteiger partial charge in [0.1, 0.15) is 6.17 Å². The lowest BCUT2D eigenvalue weighted by Crippen LogP contribution is -2.49. The molecule has 0 aliphatic carbocycles. The number of aliphatic imine (C=N–C) groups is 1. The van der Waals surface area contributed by atoms with Crippen molar-refractivity contribution in [3.63, 3.8) is 0 Å². The fraction of sp³-hybridized carbons (Fsp3) is 0.929. The smallest absolute Gasteiger partial charge is 0.373 e. The summed E-state index contributed by atoms with van der Waals surface area (Å²) in [7, 11) is 1.52. The summed E-state index contributed by atoms with van der Waals surface area (Å²) in [5.74, 6) is 0. The Morgan fingerprint density at radius 3 is 1.80 bits per heavy atom. The first-order chi connectivity index (χ1) is 9.53. The van der Waals surface area contributed by atoms with Gasteiger partial charge in [0.2, 0.25) is 0 Å². The molecule has 0 atom stereocenters. The predicted molar refractivity (Wildman–Crippen MR) is 86.4 cm³/mol. The standard InChI is InChI=1S/C14H32N2O3Si/c1-7-14(11-12-16(5)6)15-13-20(17-8-2,18-9-3)19-10-4/h7-13H2,1-6H3. The van der Waals surface area contributed by atoms with Crippen LogP contribution in [0.4, 0.5) is 0 Å². The third kappa shape index (κ3) is 8.11. The van der Waals surface area contributed by atoms with Crippen molar-refractivity contribution in [2.45, 2.75) is 40.5 Å². The molecule has 0 spiro atoms. The van der Waals surface area contributed by atoms with Crippen molar-refractivity contribution in [3.8, 4) is 0 Å². The molecule has 0 aromatic carbocycles. The van der Waals surface area contributed by atoms with Crippen LogP contribution in [-0.2, 0) is 13.3 Å². The zero-order chi connectivity index (χ0) is 15.4. The first-order valence-corrected chi connectivity index (χ1v) is 9.55. The van der Waals surface area contributed by atoms with Crippen LogP contribution in [0.1, 0.15) is 40.5 Å². The van der Waals surface area contributed by atoms with Crippen molar-refractivity contribution in [1.29, 1.82) is 0 Å². The molecule has 0 aliphatic rings. The van der Waals surface area contributed by atoms with Gasteiger partial charge in [-0.3, -0.25) is 4.99 Å². The van der Waals surface area contributed by atoms with E-state index < -0.39 is 8.80 Å². The molecule has 5 nitrogen and oxygen atoms in total. The summed E-state index contributed by atoms with van der Waals surface area (Å²) in [6.07, 6.45) is 2.47. The van der Waals surface area contributed by atoms with Crippen LogP contribution >= 0.6 is 0 Å². The summed E-state index contributed by atoms with van der Waals surface area (Å²) in [6.45, 7) is 10.9. The highest BCUT2D eigenvalue weighted by atomic mass is 28.4. The third-order valence-electron chi connectivity index (χ3n) is 2.84. The van der Waals surface area contributed by atoms with Crippen molar-refractivity contribution in [2.24, 2.45) is 4.99 Å².